The number of rotatable bonds is 11. The number of para-hydroxylation sites is 1. The van der Waals surface area contributed by atoms with Crippen LogP contribution in [0.5, 0.6) is 5.75 Å². The second-order valence-electron chi connectivity index (χ2n) is 7.25. The molecule has 0 unspecified atom stereocenters. The highest BCUT2D eigenvalue weighted by molar-refractivity contribution is 6.47. The second-order valence-corrected chi connectivity index (χ2v) is 7.25. The van der Waals surface area contributed by atoms with E-state index in [4.69, 9.17) is 14.1 Å². The van der Waals surface area contributed by atoms with E-state index < -0.39 is 31.8 Å². The van der Waals surface area contributed by atoms with E-state index in [1.165, 1.54) is 13.2 Å². The fourth-order valence-corrected chi connectivity index (χ4v) is 3.19. The minimum absolute atomic E-state index is 0.0718. The summed E-state index contributed by atoms with van der Waals surface area (Å²) in [5.41, 5.74) is 0.765. The number of carbonyl (C=O) groups excluding carboxylic acids is 4. The van der Waals surface area contributed by atoms with Gasteiger partial charge in [0.15, 0.2) is 0 Å². The zero-order chi connectivity index (χ0) is 22.8. The number of fused-ring (bicyclic) bond motifs is 1. The first-order valence-corrected chi connectivity index (χ1v) is 10.2. The maximum atomic E-state index is 12.4. The van der Waals surface area contributed by atoms with E-state index in [1.54, 1.807) is 12.1 Å². The maximum absolute atomic E-state index is 12.4. The van der Waals surface area contributed by atoms with Crippen LogP contribution in [0.25, 0.3) is 0 Å². The van der Waals surface area contributed by atoms with Gasteiger partial charge in [0.2, 0.25) is 6.79 Å². The summed E-state index contributed by atoms with van der Waals surface area (Å²) in [5.74, 6) is -2.18. The third-order valence-corrected chi connectivity index (χ3v) is 4.91. The molecule has 10 heteroatoms. The number of hydrogen-bond donors (Lipinski definition) is 1. The Labute approximate surface area is 181 Å². The van der Waals surface area contributed by atoms with Gasteiger partial charge in [0.1, 0.15) is 17.1 Å². The van der Waals surface area contributed by atoms with Crippen LogP contribution in [-0.4, -0.2) is 49.7 Å². The summed E-state index contributed by atoms with van der Waals surface area (Å²) in [6.45, 7) is 1.38. The van der Waals surface area contributed by atoms with Gasteiger partial charge in [-0.1, -0.05) is 25.5 Å². The Hall–Kier alpha value is -2.88. The number of ketones is 1. The Bertz CT molecular complexity index is 808. The lowest BCUT2D eigenvalue weighted by Crippen LogP contribution is -2.36. The first kappa shape index (κ1) is 24.4. The van der Waals surface area contributed by atoms with E-state index in [-0.39, 0.29) is 42.2 Å². The number of Topliss-reactive ketones (excluding diaryl/α,β-unsaturated/α-hetero) is 1. The molecule has 9 nitrogen and oxygen atoms in total. The van der Waals surface area contributed by atoms with E-state index in [9.17, 15) is 24.2 Å². The highest BCUT2D eigenvalue weighted by Gasteiger charge is 2.37. The van der Waals surface area contributed by atoms with Gasteiger partial charge in [-0.3, -0.25) is 14.4 Å². The van der Waals surface area contributed by atoms with Crippen molar-refractivity contribution in [1.82, 2.24) is 0 Å². The van der Waals surface area contributed by atoms with Crippen LogP contribution in [0, 0.1) is 0 Å². The van der Waals surface area contributed by atoms with Crippen molar-refractivity contribution in [2.24, 2.45) is 0 Å². The van der Waals surface area contributed by atoms with Crippen molar-refractivity contribution in [3.05, 3.63) is 29.3 Å². The minimum Gasteiger partial charge on any atom is -0.535 e. The molecule has 168 valence electrons. The summed E-state index contributed by atoms with van der Waals surface area (Å²) in [7, 11) is -0.00943. The van der Waals surface area contributed by atoms with Crippen LogP contribution < -0.4 is 4.65 Å². The zero-order valence-corrected chi connectivity index (χ0v) is 17.8. The third-order valence-electron chi connectivity index (χ3n) is 4.91. The van der Waals surface area contributed by atoms with Gasteiger partial charge in [0.05, 0.1) is 20.0 Å². The molecule has 0 radical (unpaired) electrons. The van der Waals surface area contributed by atoms with Crippen molar-refractivity contribution in [2.45, 2.75) is 57.7 Å². The number of methoxy groups -OCH3 is 1. The summed E-state index contributed by atoms with van der Waals surface area (Å²) in [5, 5.41) is 10.3. The van der Waals surface area contributed by atoms with Crippen molar-refractivity contribution >= 4 is 30.8 Å². The highest BCUT2D eigenvalue weighted by atomic mass is 16.7. The van der Waals surface area contributed by atoms with Crippen LogP contribution in [0.3, 0.4) is 0 Å². The van der Waals surface area contributed by atoms with Gasteiger partial charge in [-0.15, -0.1) is 0 Å². The molecule has 2 rings (SSSR count). The molecular weight excluding hydrogens is 407 g/mol. The van der Waals surface area contributed by atoms with Gasteiger partial charge >= 0.3 is 25.0 Å². The van der Waals surface area contributed by atoms with E-state index in [0.29, 0.717) is 18.4 Å². The topological polar surface area (TPSA) is 125 Å². The summed E-state index contributed by atoms with van der Waals surface area (Å²) < 4.78 is 19.7. The van der Waals surface area contributed by atoms with Crippen molar-refractivity contribution in [3.63, 3.8) is 0 Å². The molecule has 1 aromatic rings. The van der Waals surface area contributed by atoms with Crippen molar-refractivity contribution in [1.29, 1.82) is 0 Å². The number of carbonyl (C=O) groups is 4. The molecule has 1 aromatic carbocycles. The number of benzene rings is 1. The largest absolute Gasteiger partial charge is 0.535 e. The fraction of sp³-hybridized carbons (Fsp3) is 0.524. The van der Waals surface area contributed by atoms with Gasteiger partial charge in [0.25, 0.3) is 0 Å². The molecule has 0 spiro atoms. The van der Waals surface area contributed by atoms with Crippen molar-refractivity contribution in [3.8, 4) is 5.75 Å². The van der Waals surface area contributed by atoms with E-state index in [0.717, 1.165) is 12.8 Å². The first-order valence-electron chi connectivity index (χ1n) is 10.2. The van der Waals surface area contributed by atoms with Crippen LogP contribution in [-0.2, 0) is 35.0 Å². The van der Waals surface area contributed by atoms with Crippen molar-refractivity contribution in [2.75, 3.05) is 13.9 Å². The Morgan fingerprint density at radius 1 is 1.13 bits per heavy atom. The monoisotopic (exact) mass is 434 g/mol. The average molecular weight is 434 g/mol. The first-order chi connectivity index (χ1) is 14.8. The number of ether oxygens (including phenoxy) is 3. The predicted octanol–water partition coefficient (Wildman–Crippen LogP) is 2.23. The van der Waals surface area contributed by atoms with Crippen LogP contribution in [0.15, 0.2) is 18.2 Å². The zero-order valence-electron chi connectivity index (χ0n) is 17.8. The van der Waals surface area contributed by atoms with Crippen molar-refractivity contribution < 1.29 is 43.1 Å². The molecule has 1 aliphatic heterocycles. The minimum atomic E-state index is -1.22. The molecule has 1 aliphatic rings. The third kappa shape index (κ3) is 7.39. The summed E-state index contributed by atoms with van der Waals surface area (Å²) in [6.07, 6.45) is 2.46. The lowest BCUT2D eigenvalue weighted by molar-refractivity contribution is -0.155. The number of hydrogen-bond acceptors (Lipinski definition) is 9. The molecule has 0 aliphatic carbocycles. The fourth-order valence-electron chi connectivity index (χ4n) is 3.19. The van der Waals surface area contributed by atoms with Crippen LogP contribution in [0.4, 0.5) is 0 Å². The van der Waals surface area contributed by atoms with Gasteiger partial charge in [-0.2, -0.15) is 0 Å². The normalized spacial score (nSPS) is 14.8. The second kappa shape index (κ2) is 12.1. The molecule has 0 amide bonds. The van der Waals surface area contributed by atoms with Gasteiger partial charge in [0, 0.05) is 18.7 Å². The smallest absolute Gasteiger partial charge is 0.526 e. The Balaban J connectivity index is 1.92. The molecule has 0 fully saturated rings. The molecule has 0 aromatic heterocycles. The quantitative estimate of drug-likeness (QED) is 0.317. The van der Waals surface area contributed by atoms with Crippen LogP contribution in [0.2, 0.25) is 5.82 Å². The average Bonchev–Trinajstić information content (AvgIpc) is 2.76. The summed E-state index contributed by atoms with van der Waals surface area (Å²) in [4.78, 5) is 47.0. The van der Waals surface area contributed by atoms with Crippen LogP contribution >= 0.6 is 0 Å². The van der Waals surface area contributed by atoms with E-state index in [2.05, 4.69) is 4.74 Å². The Morgan fingerprint density at radius 2 is 1.87 bits per heavy atom. The van der Waals surface area contributed by atoms with Gasteiger partial charge < -0.3 is 23.9 Å². The lowest BCUT2D eigenvalue weighted by atomic mass is 9.64. The summed E-state index contributed by atoms with van der Waals surface area (Å²) >= 11 is 0. The molecule has 0 bridgehead atoms. The predicted molar refractivity (Wildman–Crippen MR) is 109 cm³/mol. The molecule has 0 saturated heterocycles. The molecule has 1 heterocycles. The number of unbranched alkanes of at least 4 members (excludes halogenated alkanes) is 1. The SMILES string of the molecule is CCCCC(=O)C[C@H]1Cc2cccc(C(=O)OCOC(=O)CCC(=O)OC)c2OB1O. The van der Waals surface area contributed by atoms with Crippen LogP contribution in [0.1, 0.15) is 61.4 Å². The number of esters is 3. The molecule has 1 atom stereocenters. The molecule has 0 saturated carbocycles. The lowest BCUT2D eigenvalue weighted by Gasteiger charge is -2.28. The maximum Gasteiger partial charge on any atom is 0.526 e. The van der Waals surface area contributed by atoms with Gasteiger partial charge in [-0.25, -0.2) is 4.79 Å². The molecular formula is C21H27BO9. The van der Waals surface area contributed by atoms with Gasteiger partial charge in [-0.05, 0) is 24.5 Å². The Morgan fingerprint density at radius 3 is 2.58 bits per heavy atom. The summed E-state index contributed by atoms with van der Waals surface area (Å²) in [6, 6.07) is 4.88. The van der Waals surface area contributed by atoms with E-state index >= 15 is 0 Å². The standard InChI is InChI=1S/C21H27BO9/c1-3-4-7-16(23)12-15-11-14-6-5-8-17(20(14)31-22(15)27)21(26)30-13-29-19(25)10-9-18(24)28-2/h5-6,8,15,27H,3-4,7,9-13H2,1-2H3/t15-/m1/s1. The molecule has 1 N–H and O–H groups in total. The Kier molecular flexibility index (Phi) is 9.52. The molecule has 31 heavy (non-hydrogen) atoms. The highest BCUT2D eigenvalue weighted by Crippen LogP contribution is 2.36. The van der Waals surface area contributed by atoms with E-state index in [1.807, 2.05) is 6.92 Å².